The van der Waals surface area contributed by atoms with E-state index in [0.717, 1.165) is 12.0 Å². The molecule has 21 heavy (non-hydrogen) atoms. The SMILES string of the molecule is CC1CCC(C(C)C)C(OC(CN)c2cccc(F)c2)C1. The second-order valence-electron chi connectivity index (χ2n) is 6.78. The third kappa shape index (κ3) is 4.27. The number of halogens is 1. The van der Waals surface area contributed by atoms with Crippen molar-refractivity contribution in [1.29, 1.82) is 0 Å². The lowest BCUT2D eigenvalue weighted by Crippen LogP contribution is -2.36. The zero-order valence-corrected chi connectivity index (χ0v) is 13.4. The molecule has 1 aromatic rings. The molecule has 2 nitrogen and oxygen atoms in total. The minimum absolute atomic E-state index is 0.211. The van der Waals surface area contributed by atoms with Gasteiger partial charge in [-0.2, -0.15) is 0 Å². The lowest BCUT2D eigenvalue weighted by atomic mass is 9.75. The van der Waals surface area contributed by atoms with E-state index < -0.39 is 0 Å². The van der Waals surface area contributed by atoms with Crippen molar-refractivity contribution in [3.63, 3.8) is 0 Å². The van der Waals surface area contributed by atoms with E-state index in [2.05, 4.69) is 20.8 Å². The number of ether oxygens (including phenoxy) is 1. The molecule has 2 rings (SSSR count). The van der Waals surface area contributed by atoms with Gasteiger partial charge in [-0.25, -0.2) is 4.39 Å². The van der Waals surface area contributed by atoms with Gasteiger partial charge >= 0.3 is 0 Å². The zero-order valence-electron chi connectivity index (χ0n) is 13.4. The van der Waals surface area contributed by atoms with Crippen LogP contribution in [0.5, 0.6) is 0 Å². The van der Waals surface area contributed by atoms with Crippen LogP contribution in [0.3, 0.4) is 0 Å². The molecule has 118 valence electrons. The normalized spacial score (nSPS) is 27.8. The van der Waals surface area contributed by atoms with Crippen LogP contribution in [0.15, 0.2) is 24.3 Å². The molecule has 1 aliphatic rings. The lowest BCUT2D eigenvalue weighted by Gasteiger charge is -2.39. The molecular formula is C18H28FNO. The first-order chi connectivity index (χ1) is 10.0. The zero-order chi connectivity index (χ0) is 15.4. The predicted molar refractivity (Wildman–Crippen MR) is 84.4 cm³/mol. The van der Waals surface area contributed by atoms with Gasteiger partial charge in [0.05, 0.1) is 12.2 Å². The molecule has 4 unspecified atom stereocenters. The molecule has 1 aliphatic carbocycles. The van der Waals surface area contributed by atoms with E-state index in [1.165, 1.54) is 25.0 Å². The standard InChI is InChI=1S/C18H28FNO/c1-12(2)16-8-7-13(3)9-17(16)21-18(11-20)14-5-4-6-15(19)10-14/h4-6,10,12-13,16-18H,7-9,11,20H2,1-3H3. The maximum atomic E-state index is 13.4. The van der Waals surface area contributed by atoms with Crippen molar-refractivity contribution < 1.29 is 9.13 Å². The summed E-state index contributed by atoms with van der Waals surface area (Å²) in [5.74, 6) is 1.64. The fraction of sp³-hybridized carbons (Fsp3) is 0.667. The van der Waals surface area contributed by atoms with Gasteiger partial charge in [0.25, 0.3) is 0 Å². The summed E-state index contributed by atoms with van der Waals surface area (Å²) in [5, 5.41) is 0. The number of rotatable bonds is 5. The Balaban J connectivity index is 2.11. The van der Waals surface area contributed by atoms with Gasteiger partial charge < -0.3 is 10.5 Å². The van der Waals surface area contributed by atoms with E-state index in [9.17, 15) is 4.39 Å². The van der Waals surface area contributed by atoms with Crippen LogP contribution in [0.1, 0.15) is 51.7 Å². The van der Waals surface area contributed by atoms with Gasteiger partial charge in [0, 0.05) is 6.54 Å². The van der Waals surface area contributed by atoms with Crippen molar-refractivity contribution in [2.45, 2.75) is 52.2 Å². The molecule has 4 atom stereocenters. The first kappa shape index (κ1) is 16.4. The van der Waals surface area contributed by atoms with Gasteiger partial charge in [0.2, 0.25) is 0 Å². The summed E-state index contributed by atoms with van der Waals surface area (Å²) < 4.78 is 19.7. The molecule has 0 heterocycles. The molecule has 3 heteroatoms. The fourth-order valence-electron chi connectivity index (χ4n) is 3.46. The van der Waals surface area contributed by atoms with E-state index in [0.29, 0.717) is 24.3 Å². The van der Waals surface area contributed by atoms with Gasteiger partial charge in [-0.05, 0) is 48.3 Å². The second kappa shape index (κ2) is 7.37. The van der Waals surface area contributed by atoms with Crippen molar-refractivity contribution in [3.05, 3.63) is 35.6 Å². The Morgan fingerprint density at radius 1 is 1.33 bits per heavy atom. The third-order valence-electron chi connectivity index (χ3n) is 4.73. The number of nitrogens with two attached hydrogens (primary N) is 1. The van der Waals surface area contributed by atoms with E-state index in [4.69, 9.17) is 10.5 Å². The van der Waals surface area contributed by atoms with Crippen molar-refractivity contribution in [2.75, 3.05) is 6.54 Å². The summed E-state index contributed by atoms with van der Waals surface area (Å²) in [5.41, 5.74) is 6.73. The summed E-state index contributed by atoms with van der Waals surface area (Å²) >= 11 is 0. The van der Waals surface area contributed by atoms with Crippen molar-refractivity contribution in [1.82, 2.24) is 0 Å². The molecule has 1 aromatic carbocycles. The van der Waals surface area contributed by atoms with E-state index in [1.807, 2.05) is 6.07 Å². The van der Waals surface area contributed by atoms with Crippen LogP contribution in [0.4, 0.5) is 4.39 Å². The minimum Gasteiger partial charge on any atom is -0.369 e. The quantitative estimate of drug-likeness (QED) is 0.878. The maximum absolute atomic E-state index is 13.4. The van der Waals surface area contributed by atoms with E-state index in [1.54, 1.807) is 6.07 Å². The molecule has 0 bridgehead atoms. The Morgan fingerprint density at radius 2 is 2.10 bits per heavy atom. The summed E-state index contributed by atoms with van der Waals surface area (Å²) in [6, 6.07) is 6.61. The highest BCUT2D eigenvalue weighted by Gasteiger charge is 2.33. The number of hydrogen-bond donors (Lipinski definition) is 1. The molecule has 1 fully saturated rings. The highest BCUT2D eigenvalue weighted by atomic mass is 19.1. The predicted octanol–water partition coefficient (Wildman–Crippen LogP) is 4.30. The van der Waals surface area contributed by atoms with Gasteiger partial charge in [0.1, 0.15) is 5.82 Å². The lowest BCUT2D eigenvalue weighted by molar-refractivity contribution is -0.0787. The van der Waals surface area contributed by atoms with Gasteiger partial charge in [0.15, 0.2) is 0 Å². The van der Waals surface area contributed by atoms with Crippen LogP contribution >= 0.6 is 0 Å². The largest absolute Gasteiger partial charge is 0.369 e. The van der Waals surface area contributed by atoms with Crippen molar-refractivity contribution >= 4 is 0 Å². The summed E-state index contributed by atoms with van der Waals surface area (Å²) in [7, 11) is 0. The Morgan fingerprint density at radius 3 is 2.71 bits per heavy atom. The average Bonchev–Trinajstić information content (AvgIpc) is 2.44. The molecule has 0 aliphatic heterocycles. The minimum atomic E-state index is -0.230. The van der Waals surface area contributed by atoms with Crippen LogP contribution < -0.4 is 5.73 Å². The summed E-state index contributed by atoms with van der Waals surface area (Å²) in [4.78, 5) is 0. The first-order valence-electron chi connectivity index (χ1n) is 8.12. The fourth-order valence-corrected chi connectivity index (χ4v) is 3.46. The van der Waals surface area contributed by atoms with Gasteiger partial charge in [-0.1, -0.05) is 39.3 Å². The molecule has 0 spiro atoms. The van der Waals surface area contributed by atoms with Gasteiger partial charge in [-0.15, -0.1) is 0 Å². The van der Waals surface area contributed by atoms with Crippen LogP contribution in [-0.2, 0) is 4.74 Å². The molecule has 0 radical (unpaired) electrons. The molecule has 2 N–H and O–H groups in total. The van der Waals surface area contributed by atoms with Crippen molar-refractivity contribution in [3.8, 4) is 0 Å². The molecule has 0 amide bonds. The third-order valence-corrected chi connectivity index (χ3v) is 4.73. The van der Waals surface area contributed by atoms with E-state index in [-0.39, 0.29) is 18.0 Å². The smallest absolute Gasteiger partial charge is 0.123 e. The van der Waals surface area contributed by atoms with Gasteiger partial charge in [-0.3, -0.25) is 0 Å². The molecular weight excluding hydrogens is 265 g/mol. The van der Waals surface area contributed by atoms with Crippen LogP contribution in [0.2, 0.25) is 0 Å². The Hall–Kier alpha value is -0.930. The summed E-state index contributed by atoms with van der Waals surface area (Å²) in [6.07, 6.45) is 3.58. The number of hydrogen-bond acceptors (Lipinski definition) is 2. The highest BCUT2D eigenvalue weighted by molar-refractivity contribution is 5.19. The molecule has 0 saturated heterocycles. The first-order valence-corrected chi connectivity index (χ1v) is 8.12. The number of benzene rings is 1. The highest BCUT2D eigenvalue weighted by Crippen LogP contribution is 2.37. The van der Waals surface area contributed by atoms with Crippen LogP contribution in [0, 0.1) is 23.6 Å². The topological polar surface area (TPSA) is 35.2 Å². The van der Waals surface area contributed by atoms with Crippen LogP contribution in [0.25, 0.3) is 0 Å². The molecule has 1 saturated carbocycles. The van der Waals surface area contributed by atoms with E-state index >= 15 is 0 Å². The van der Waals surface area contributed by atoms with Crippen molar-refractivity contribution in [2.24, 2.45) is 23.5 Å². The monoisotopic (exact) mass is 293 g/mol. The van der Waals surface area contributed by atoms with Crippen LogP contribution in [-0.4, -0.2) is 12.6 Å². The Kier molecular flexibility index (Phi) is 5.77. The second-order valence-corrected chi connectivity index (χ2v) is 6.78. The maximum Gasteiger partial charge on any atom is 0.123 e. The Bertz CT molecular complexity index is 449. The average molecular weight is 293 g/mol. The molecule has 0 aromatic heterocycles. The summed E-state index contributed by atoms with van der Waals surface area (Å²) in [6.45, 7) is 7.19. The Labute approximate surface area is 127 Å².